The molecule has 0 aromatic rings. The van der Waals surface area contributed by atoms with Crippen molar-refractivity contribution >= 4 is 5.97 Å². The highest BCUT2D eigenvalue weighted by Crippen LogP contribution is 2.27. The van der Waals surface area contributed by atoms with E-state index in [0.29, 0.717) is 12.5 Å². The van der Waals surface area contributed by atoms with Gasteiger partial charge in [0, 0.05) is 12.6 Å². The molecular formula is C11H21NO2. The third-order valence-corrected chi connectivity index (χ3v) is 3.13. The molecule has 3 heteroatoms. The van der Waals surface area contributed by atoms with Gasteiger partial charge in [0.1, 0.15) is 0 Å². The Kier molecular flexibility index (Phi) is 4.94. The monoisotopic (exact) mass is 199 g/mol. The van der Waals surface area contributed by atoms with Gasteiger partial charge in [-0.25, -0.2) is 0 Å². The number of hydrogen-bond acceptors (Lipinski definition) is 3. The van der Waals surface area contributed by atoms with Gasteiger partial charge in [-0.05, 0) is 25.7 Å². The number of rotatable bonds is 5. The number of methoxy groups -OCH3 is 1. The third kappa shape index (κ3) is 3.66. The SMILES string of the molecule is COC(=O)CCNC(C)C1CCCC1. The molecule has 0 bridgehead atoms. The lowest BCUT2D eigenvalue weighted by Crippen LogP contribution is -2.33. The zero-order valence-corrected chi connectivity index (χ0v) is 9.21. The van der Waals surface area contributed by atoms with Crippen molar-refractivity contribution in [3.8, 4) is 0 Å². The summed E-state index contributed by atoms with van der Waals surface area (Å²) in [6.45, 7) is 2.96. The first-order valence-electron chi connectivity index (χ1n) is 5.54. The zero-order chi connectivity index (χ0) is 10.4. The Morgan fingerprint density at radius 1 is 1.50 bits per heavy atom. The number of hydrogen-bond donors (Lipinski definition) is 1. The van der Waals surface area contributed by atoms with Crippen LogP contribution >= 0.6 is 0 Å². The Hall–Kier alpha value is -0.570. The fourth-order valence-corrected chi connectivity index (χ4v) is 2.13. The molecule has 1 aliphatic carbocycles. The Morgan fingerprint density at radius 2 is 2.14 bits per heavy atom. The summed E-state index contributed by atoms with van der Waals surface area (Å²) in [6.07, 6.45) is 5.90. The predicted molar refractivity (Wildman–Crippen MR) is 56.1 cm³/mol. The highest BCUT2D eigenvalue weighted by molar-refractivity contribution is 5.69. The summed E-state index contributed by atoms with van der Waals surface area (Å²) in [6, 6.07) is 0.544. The molecule has 0 heterocycles. The van der Waals surface area contributed by atoms with Gasteiger partial charge in [-0.1, -0.05) is 12.8 Å². The fourth-order valence-electron chi connectivity index (χ4n) is 2.13. The van der Waals surface area contributed by atoms with Crippen LogP contribution in [0.2, 0.25) is 0 Å². The van der Waals surface area contributed by atoms with Crippen molar-refractivity contribution in [3.05, 3.63) is 0 Å². The molecule has 0 saturated heterocycles. The van der Waals surface area contributed by atoms with Gasteiger partial charge in [0.05, 0.1) is 13.5 Å². The summed E-state index contributed by atoms with van der Waals surface area (Å²) in [4.78, 5) is 10.9. The average molecular weight is 199 g/mol. The standard InChI is InChI=1S/C11H21NO2/c1-9(10-5-3-4-6-10)12-8-7-11(13)14-2/h9-10,12H,3-8H2,1-2H3. The van der Waals surface area contributed by atoms with Gasteiger partial charge in [-0.3, -0.25) is 4.79 Å². The van der Waals surface area contributed by atoms with Gasteiger partial charge < -0.3 is 10.1 Å². The predicted octanol–water partition coefficient (Wildman–Crippen LogP) is 1.72. The number of carbonyl (C=O) groups is 1. The lowest BCUT2D eigenvalue weighted by Gasteiger charge is -2.19. The van der Waals surface area contributed by atoms with Crippen molar-refractivity contribution in [1.82, 2.24) is 5.32 Å². The van der Waals surface area contributed by atoms with Gasteiger partial charge in [-0.15, -0.1) is 0 Å². The van der Waals surface area contributed by atoms with Crippen LogP contribution < -0.4 is 5.32 Å². The molecule has 1 saturated carbocycles. The number of esters is 1. The van der Waals surface area contributed by atoms with E-state index in [-0.39, 0.29) is 5.97 Å². The summed E-state index contributed by atoms with van der Waals surface area (Å²) < 4.78 is 4.58. The van der Waals surface area contributed by atoms with E-state index in [1.54, 1.807) is 0 Å². The molecule has 1 fully saturated rings. The summed E-state index contributed by atoms with van der Waals surface area (Å²) >= 11 is 0. The van der Waals surface area contributed by atoms with E-state index < -0.39 is 0 Å². The molecule has 1 rings (SSSR count). The molecular weight excluding hydrogens is 178 g/mol. The van der Waals surface area contributed by atoms with Crippen molar-refractivity contribution in [2.75, 3.05) is 13.7 Å². The van der Waals surface area contributed by atoms with Crippen LogP contribution in [0, 0.1) is 5.92 Å². The quantitative estimate of drug-likeness (QED) is 0.685. The summed E-state index contributed by atoms with van der Waals surface area (Å²) in [7, 11) is 1.43. The molecule has 14 heavy (non-hydrogen) atoms. The molecule has 82 valence electrons. The normalized spacial score (nSPS) is 19.6. The van der Waals surface area contributed by atoms with Crippen molar-refractivity contribution < 1.29 is 9.53 Å². The highest BCUT2D eigenvalue weighted by Gasteiger charge is 2.20. The Balaban J connectivity index is 2.08. The lowest BCUT2D eigenvalue weighted by atomic mass is 10.00. The minimum absolute atomic E-state index is 0.129. The molecule has 1 atom stereocenters. The highest BCUT2D eigenvalue weighted by atomic mass is 16.5. The molecule has 1 unspecified atom stereocenters. The maximum atomic E-state index is 10.9. The van der Waals surface area contributed by atoms with Gasteiger partial charge in [0.2, 0.25) is 0 Å². The van der Waals surface area contributed by atoms with Crippen LogP contribution in [0.5, 0.6) is 0 Å². The van der Waals surface area contributed by atoms with E-state index in [4.69, 9.17) is 0 Å². The van der Waals surface area contributed by atoms with Crippen LogP contribution in [0.4, 0.5) is 0 Å². The largest absolute Gasteiger partial charge is 0.469 e. The first-order valence-corrected chi connectivity index (χ1v) is 5.54. The van der Waals surface area contributed by atoms with Crippen LogP contribution in [0.15, 0.2) is 0 Å². The van der Waals surface area contributed by atoms with Crippen molar-refractivity contribution in [3.63, 3.8) is 0 Å². The lowest BCUT2D eigenvalue weighted by molar-refractivity contribution is -0.140. The zero-order valence-electron chi connectivity index (χ0n) is 9.21. The summed E-state index contributed by atoms with van der Waals surface area (Å²) in [5.74, 6) is 0.684. The van der Waals surface area contributed by atoms with Crippen LogP contribution in [-0.4, -0.2) is 25.7 Å². The van der Waals surface area contributed by atoms with Gasteiger partial charge in [0.25, 0.3) is 0 Å². The van der Waals surface area contributed by atoms with Crippen LogP contribution in [-0.2, 0) is 9.53 Å². The van der Waals surface area contributed by atoms with E-state index in [0.717, 1.165) is 12.5 Å². The number of nitrogens with one attached hydrogen (secondary N) is 1. The van der Waals surface area contributed by atoms with Gasteiger partial charge in [-0.2, -0.15) is 0 Å². The molecule has 0 aromatic carbocycles. The maximum Gasteiger partial charge on any atom is 0.306 e. The smallest absolute Gasteiger partial charge is 0.306 e. The van der Waals surface area contributed by atoms with E-state index in [2.05, 4.69) is 17.0 Å². The van der Waals surface area contributed by atoms with E-state index in [1.165, 1.54) is 32.8 Å². The second-order valence-corrected chi connectivity index (χ2v) is 4.11. The van der Waals surface area contributed by atoms with Crippen LogP contribution in [0.3, 0.4) is 0 Å². The summed E-state index contributed by atoms with van der Waals surface area (Å²) in [5.41, 5.74) is 0. The van der Waals surface area contributed by atoms with E-state index >= 15 is 0 Å². The Bertz CT molecular complexity index is 176. The first-order chi connectivity index (χ1) is 6.74. The molecule has 1 aliphatic rings. The maximum absolute atomic E-state index is 10.9. The fraction of sp³-hybridized carbons (Fsp3) is 0.909. The van der Waals surface area contributed by atoms with Crippen LogP contribution in [0.25, 0.3) is 0 Å². The molecule has 1 N–H and O–H groups in total. The summed E-state index contributed by atoms with van der Waals surface area (Å²) in [5, 5.41) is 3.39. The van der Waals surface area contributed by atoms with Crippen molar-refractivity contribution in [1.29, 1.82) is 0 Å². The molecule has 0 aromatic heterocycles. The average Bonchev–Trinajstić information content (AvgIpc) is 2.70. The minimum Gasteiger partial charge on any atom is -0.469 e. The van der Waals surface area contributed by atoms with Crippen LogP contribution in [0.1, 0.15) is 39.0 Å². The van der Waals surface area contributed by atoms with Crippen molar-refractivity contribution in [2.24, 2.45) is 5.92 Å². The minimum atomic E-state index is -0.129. The second-order valence-electron chi connectivity index (χ2n) is 4.11. The topological polar surface area (TPSA) is 38.3 Å². The van der Waals surface area contributed by atoms with Gasteiger partial charge >= 0.3 is 5.97 Å². The van der Waals surface area contributed by atoms with Crippen molar-refractivity contribution in [2.45, 2.75) is 45.1 Å². The Labute approximate surface area is 86.2 Å². The molecule has 0 radical (unpaired) electrons. The molecule has 3 nitrogen and oxygen atoms in total. The number of ether oxygens (including phenoxy) is 1. The van der Waals surface area contributed by atoms with Gasteiger partial charge in [0.15, 0.2) is 0 Å². The third-order valence-electron chi connectivity index (χ3n) is 3.13. The molecule has 0 amide bonds. The second kappa shape index (κ2) is 6.02. The first kappa shape index (κ1) is 11.5. The Morgan fingerprint density at radius 3 is 2.71 bits per heavy atom. The number of carbonyl (C=O) groups excluding carboxylic acids is 1. The van der Waals surface area contributed by atoms with E-state index in [9.17, 15) is 4.79 Å². The molecule has 0 aliphatic heterocycles. The molecule has 0 spiro atoms. The van der Waals surface area contributed by atoms with E-state index in [1.807, 2.05) is 0 Å².